The lowest BCUT2D eigenvalue weighted by Crippen LogP contribution is -2.13. The molecule has 2 atom stereocenters. The number of hydrogen-bond acceptors (Lipinski definition) is 5. The summed E-state index contributed by atoms with van der Waals surface area (Å²) in [6.45, 7) is 1.87. The summed E-state index contributed by atoms with van der Waals surface area (Å²) in [5, 5.41) is 0. The van der Waals surface area contributed by atoms with Crippen molar-refractivity contribution in [1.82, 2.24) is 0 Å². The van der Waals surface area contributed by atoms with E-state index in [1.807, 2.05) is 19.1 Å². The van der Waals surface area contributed by atoms with Gasteiger partial charge in [0.05, 0.1) is 13.5 Å². The minimum Gasteiger partial charge on any atom is -0.469 e. The molecule has 2 heterocycles. The van der Waals surface area contributed by atoms with Crippen molar-refractivity contribution in [1.29, 1.82) is 0 Å². The van der Waals surface area contributed by atoms with Gasteiger partial charge in [-0.25, -0.2) is 9.78 Å². The van der Waals surface area contributed by atoms with Crippen LogP contribution in [0.1, 0.15) is 30.5 Å². The zero-order valence-corrected chi connectivity index (χ0v) is 9.26. The highest BCUT2D eigenvalue weighted by Crippen LogP contribution is 2.33. The molecule has 5 heteroatoms. The minimum absolute atomic E-state index is 0.201. The van der Waals surface area contributed by atoms with Gasteiger partial charge in [-0.2, -0.15) is 0 Å². The summed E-state index contributed by atoms with van der Waals surface area (Å²) in [5.74, 6) is 1.25. The molecule has 0 N–H and O–H groups in total. The Balaban J connectivity index is 1.90. The van der Waals surface area contributed by atoms with E-state index in [-0.39, 0.29) is 24.6 Å². The molecular weight excluding hydrogens is 212 g/mol. The largest absolute Gasteiger partial charge is 0.469 e. The topological polar surface area (TPSA) is 57.9 Å². The molecule has 0 bridgehead atoms. The lowest BCUT2D eigenvalue weighted by Gasteiger charge is -2.03. The maximum atomic E-state index is 11.0. The van der Waals surface area contributed by atoms with Crippen LogP contribution in [0.4, 0.5) is 0 Å². The highest BCUT2D eigenvalue weighted by molar-refractivity contribution is 5.69. The highest BCUT2D eigenvalue weighted by atomic mass is 17.2. The Morgan fingerprint density at radius 3 is 2.94 bits per heavy atom. The van der Waals surface area contributed by atoms with Crippen LogP contribution in [0.5, 0.6) is 0 Å². The molecule has 1 aliphatic heterocycles. The Hall–Kier alpha value is -1.33. The van der Waals surface area contributed by atoms with E-state index in [9.17, 15) is 4.79 Å². The summed E-state index contributed by atoms with van der Waals surface area (Å²) in [6.07, 6.45) is 0.306. The SMILES string of the molecule is COC(=O)CC1CC(c2ccc(C)o2)OO1. The van der Waals surface area contributed by atoms with Crippen LogP contribution < -0.4 is 0 Å². The van der Waals surface area contributed by atoms with Crippen molar-refractivity contribution in [3.8, 4) is 0 Å². The van der Waals surface area contributed by atoms with Gasteiger partial charge in [0, 0.05) is 6.42 Å². The molecule has 16 heavy (non-hydrogen) atoms. The Morgan fingerprint density at radius 2 is 2.31 bits per heavy atom. The predicted octanol–water partition coefficient (Wildman–Crippen LogP) is 1.91. The molecule has 0 saturated carbocycles. The molecule has 1 aromatic rings. The van der Waals surface area contributed by atoms with Gasteiger partial charge in [0.15, 0.2) is 6.10 Å². The van der Waals surface area contributed by atoms with E-state index in [2.05, 4.69) is 4.74 Å². The fourth-order valence-corrected chi connectivity index (χ4v) is 1.64. The smallest absolute Gasteiger partial charge is 0.308 e. The number of hydrogen-bond donors (Lipinski definition) is 0. The maximum absolute atomic E-state index is 11.0. The van der Waals surface area contributed by atoms with E-state index in [1.165, 1.54) is 7.11 Å². The van der Waals surface area contributed by atoms with E-state index < -0.39 is 0 Å². The Labute approximate surface area is 93.2 Å². The summed E-state index contributed by atoms with van der Waals surface area (Å²) in [5.41, 5.74) is 0. The second kappa shape index (κ2) is 4.67. The number of aryl methyl sites for hydroxylation is 1. The van der Waals surface area contributed by atoms with E-state index in [1.54, 1.807) is 0 Å². The van der Waals surface area contributed by atoms with E-state index in [0.29, 0.717) is 6.42 Å². The van der Waals surface area contributed by atoms with Gasteiger partial charge < -0.3 is 9.15 Å². The first-order valence-corrected chi connectivity index (χ1v) is 5.14. The monoisotopic (exact) mass is 226 g/mol. The van der Waals surface area contributed by atoms with Gasteiger partial charge in [-0.15, -0.1) is 0 Å². The van der Waals surface area contributed by atoms with Crippen LogP contribution in [-0.2, 0) is 19.3 Å². The van der Waals surface area contributed by atoms with Crippen molar-refractivity contribution in [2.24, 2.45) is 0 Å². The minimum atomic E-state index is -0.301. The number of rotatable bonds is 3. The summed E-state index contributed by atoms with van der Waals surface area (Å²) < 4.78 is 9.99. The van der Waals surface area contributed by atoms with Crippen molar-refractivity contribution in [2.75, 3.05) is 7.11 Å². The van der Waals surface area contributed by atoms with E-state index in [0.717, 1.165) is 11.5 Å². The summed E-state index contributed by atoms with van der Waals surface area (Å²) in [6, 6.07) is 3.72. The fourth-order valence-electron chi connectivity index (χ4n) is 1.64. The fraction of sp³-hybridized carbons (Fsp3) is 0.545. The molecule has 1 aromatic heterocycles. The zero-order valence-electron chi connectivity index (χ0n) is 9.26. The van der Waals surface area contributed by atoms with E-state index >= 15 is 0 Å². The molecule has 2 rings (SSSR count). The lowest BCUT2D eigenvalue weighted by atomic mass is 10.1. The quantitative estimate of drug-likeness (QED) is 0.582. The molecular formula is C11H14O5. The zero-order chi connectivity index (χ0) is 11.5. The number of furan rings is 1. The van der Waals surface area contributed by atoms with Crippen LogP contribution in [0.15, 0.2) is 16.5 Å². The van der Waals surface area contributed by atoms with Crippen LogP contribution in [0.3, 0.4) is 0 Å². The first-order chi connectivity index (χ1) is 7.69. The Bertz CT molecular complexity index is 370. The van der Waals surface area contributed by atoms with Crippen molar-refractivity contribution in [2.45, 2.75) is 32.0 Å². The molecule has 0 aromatic carbocycles. The lowest BCUT2D eigenvalue weighted by molar-refractivity contribution is -0.301. The molecule has 1 aliphatic rings. The molecule has 1 fully saturated rings. The third-order valence-electron chi connectivity index (χ3n) is 2.49. The van der Waals surface area contributed by atoms with Gasteiger partial charge in [-0.05, 0) is 19.1 Å². The Kier molecular flexibility index (Phi) is 3.26. The molecule has 0 aliphatic carbocycles. The molecule has 1 saturated heterocycles. The van der Waals surface area contributed by atoms with Gasteiger partial charge >= 0.3 is 5.97 Å². The number of carbonyl (C=O) groups excluding carboxylic acids is 1. The van der Waals surface area contributed by atoms with Gasteiger partial charge in [-0.3, -0.25) is 4.79 Å². The molecule has 0 amide bonds. The molecule has 2 unspecified atom stereocenters. The summed E-state index contributed by atoms with van der Waals surface area (Å²) >= 11 is 0. The molecule has 88 valence electrons. The average Bonchev–Trinajstić information content (AvgIpc) is 2.87. The van der Waals surface area contributed by atoms with Gasteiger partial charge in [0.25, 0.3) is 0 Å². The van der Waals surface area contributed by atoms with Crippen molar-refractivity contribution in [3.63, 3.8) is 0 Å². The van der Waals surface area contributed by atoms with Crippen LogP contribution in [0.2, 0.25) is 0 Å². The molecule has 5 nitrogen and oxygen atoms in total. The van der Waals surface area contributed by atoms with Gasteiger partial charge in [0.1, 0.15) is 17.6 Å². The highest BCUT2D eigenvalue weighted by Gasteiger charge is 2.32. The van der Waals surface area contributed by atoms with Gasteiger partial charge in [-0.1, -0.05) is 0 Å². The third kappa shape index (κ3) is 2.43. The second-order valence-electron chi connectivity index (χ2n) is 3.77. The average molecular weight is 226 g/mol. The molecule has 0 spiro atoms. The number of carbonyl (C=O) groups is 1. The predicted molar refractivity (Wildman–Crippen MR) is 53.4 cm³/mol. The van der Waals surface area contributed by atoms with Crippen molar-refractivity contribution < 1.29 is 23.7 Å². The van der Waals surface area contributed by atoms with Crippen molar-refractivity contribution >= 4 is 5.97 Å². The van der Waals surface area contributed by atoms with Crippen molar-refractivity contribution in [3.05, 3.63) is 23.7 Å². The van der Waals surface area contributed by atoms with Crippen LogP contribution in [0, 0.1) is 6.92 Å². The third-order valence-corrected chi connectivity index (χ3v) is 2.49. The Morgan fingerprint density at radius 1 is 1.50 bits per heavy atom. The van der Waals surface area contributed by atoms with Crippen LogP contribution in [0.25, 0.3) is 0 Å². The number of methoxy groups -OCH3 is 1. The van der Waals surface area contributed by atoms with E-state index in [4.69, 9.17) is 14.2 Å². The van der Waals surface area contributed by atoms with Gasteiger partial charge in [0.2, 0.25) is 0 Å². The normalized spacial score (nSPS) is 24.6. The first-order valence-electron chi connectivity index (χ1n) is 5.14. The maximum Gasteiger partial charge on any atom is 0.308 e. The number of ether oxygens (including phenoxy) is 1. The van der Waals surface area contributed by atoms with Crippen LogP contribution >= 0.6 is 0 Å². The second-order valence-corrected chi connectivity index (χ2v) is 3.77. The molecule has 0 radical (unpaired) electrons. The summed E-state index contributed by atoms with van der Waals surface area (Å²) in [7, 11) is 1.35. The standard InChI is InChI=1S/C11H14O5/c1-7-3-4-9(14-7)10-5-8(15-16-10)6-11(12)13-2/h3-4,8,10H,5-6H2,1-2H3. The summed E-state index contributed by atoms with van der Waals surface area (Å²) in [4.78, 5) is 21.2. The van der Waals surface area contributed by atoms with Crippen LogP contribution in [-0.4, -0.2) is 19.2 Å². The number of esters is 1. The first kappa shape index (κ1) is 11.2.